The highest BCUT2D eigenvalue weighted by atomic mass is 79.9. The highest BCUT2D eigenvalue weighted by Crippen LogP contribution is 2.21. The van der Waals surface area contributed by atoms with Gasteiger partial charge >= 0.3 is 0 Å². The first-order chi connectivity index (χ1) is 7.26. The largest absolute Gasteiger partial charge is 0.306 e. The van der Waals surface area contributed by atoms with Gasteiger partial charge in [0.25, 0.3) is 0 Å². The van der Waals surface area contributed by atoms with Gasteiger partial charge in [-0.1, -0.05) is 13.8 Å². The Labute approximate surface area is 98.8 Å². The molecule has 0 saturated heterocycles. The summed E-state index contributed by atoms with van der Waals surface area (Å²) in [7, 11) is 0. The first-order valence-corrected chi connectivity index (χ1v) is 6.37. The summed E-state index contributed by atoms with van der Waals surface area (Å²) >= 11 is 3.42. The van der Waals surface area contributed by atoms with E-state index in [1.807, 2.05) is 0 Å². The van der Waals surface area contributed by atoms with E-state index in [1.165, 1.54) is 6.42 Å². The predicted octanol–water partition coefficient (Wildman–Crippen LogP) is 1.70. The number of aromatic nitrogens is 3. The van der Waals surface area contributed by atoms with Gasteiger partial charge in [0.05, 0.1) is 0 Å². The lowest BCUT2D eigenvalue weighted by atomic mass is 10.0. The summed E-state index contributed by atoms with van der Waals surface area (Å²) < 4.78 is 3.04. The molecule has 0 radical (unpaired) electrons. The van der Waals surface area contributed by atoms with E-state index in [4.69, 9.17) is 0 Å². The highest BCUT2D eigenvalue weighted by molar-refractivity contribution is 9.10. The SMILES string of the molecule is CCN(CC)C1CCn2c(Br)nnc2C1. The molecule has 0 fully saturated rings. The van der Waals surface area contributed by atoms with E-state index in [0.29, 0.717) is 6.04 Å². The Morgan fingerprint density at radius 2 is 2.13 bits per heavy atom. The molecule has 0 aliphatic carbocycles. The Balaban J connectivity index is 2.11. The first kappa shape index (κ1) is 11.1. The maximum Gasteiger partial charge on any atom is 0.200 e. The van der Waals surface area contributed by atoms with Crippen molar-refractivity contribution in [3.05, 3.63) is 10.6 Å². The van der Waals surface area contributed by atoms with E-state index < -0.39 is 0 Å². The zero-order valence-electron chi connectivity index (χ0n) is 9.28. The van der Waals surface area contributed by atoms with Gasteiger partial charge in [-0.2, -0.15) is 0 Å². The molecule has 0 amide bonds. The molecular formula is C10H17BrN4. The van der Waals surface area contributed by atoms with Crippen molar-refractivity contribution in [3.8, 4) is 0 Å². The summed E-state index contributed by atoms with van der Waals surface area (Å²) in [5.74, 6) is 1.12. The van der Waals surface area contributed by atoms with Crippen LogP contribution in [0.4, 0.5) is 0 Å². The molecule has 15 heavy (non-hydrogen) atoms. The Kier molecular flexibility index (Phi) is 3.41. The fraction of sp³-hybridized carbons (Fsp3) is 0.800. The number of halogens is 1. The topological polar surface area (TPSA) is 34.0 Å². The van der Waals surface area contributed by atoms with Crippen LogP contribution in [-0.2, 0) is 13.0 Å². The number of nitrogens with zero attached hydrogens (tertiary/aromatic N) is 4. The van der Waals surface area contributed by atoms with Gasteiger partial charge in [-0.05, 0) is 35.4 Å². The highest BCUT2D eigenvalue weighted by Gasteiger charge is 2.25. The lowest BCUT2D eigenvalue weighted by molar-refractivity contribution is 0.182. The number of hydrogen-bond acceptors (Lipinski definition) is 3. The van der Waals surface area contributed by atoms with E-state index in [0.717, 1.165) is 36.6 Å². The van der Waals surface area contributed by atoms with Gasteiger partial charge in [-0.15, -0.1) is 10.2 Å². The molecule has 0 saturated carbocycles. The second-order valence-electron chi connectivity index (χ2n) is 3.90. The first-order valence-electron chi connectivity index (χ1n) is 5.57. The molecule has 2 rings (SSSR count). The number of likely N-dealkylation sites (N-methyl/N-ethyl adjacent to an activating group) is 1. The monoisotopic (exact) mass is 272 g/mol. The minimum atomic E-state index is 0.642. The van der Waals surface area contributed by atoms with E-state index in [2.05, 4.69) is 49.4 Å². The average molecular weight is 273 g/mol. The van der Waals surface area contributed by atoms with Crippen LogP contribution in [0.2, 0.25) is 0 Å². The summed E-state index contributed by atoms with van der Waals surface area (Å²) in [6.45, 7) is 7.72. The van der Waals surface area contributed by atoms with E-state index in [9.17, 15) is 0 Å². The lowest BCUT2D eigenvalue weighted by Gasteiger charge is -2.32. The third-order valence-electron chi connectivity index (χ3n) is 3.22. The van der Waals surface area contributed by atoms with Gasteiger partial charge in [0.15, 0.2) is 4.73 Å². The van der Waals surface area contributed by atoms with Crippen molar-refractivity contribution in [1.82, 2.24) is 19.7 Å². The maximum atomic E-state index is 4.20. The molecule has 2 heterocycles. The van der Waals surface area contributed by atoms with Crippen LogP contribution in [-0.4, -0.2) is 38.8 Å². The summed E-state index contributed by atoms with van der Waals surface area (Å²) in [5, 5.41) is 8.25. The van der Waals surface area contributed by atoms with Crippen LogP contribution in [0.3, 0.4) is 0 Å². The zero-order valence-corrected chi connectivity index (χ0v) is 10.9. The van der Waals surface area contributed by atoms with Gasteiger partial charge in [-0.25, -0.2) is 0 Å². The molecule has 4 nitrogen and oxygen atoms in total. The maximum absolute atomic E-state index is 4.20. The second kappa shape index (κ2) is 4.61. The van der Waals surface area contributed by atoms with Crippen LogP contribution < -0.4 is 0 Å². The molecule has 1 unspecified atom stereocenters. The van der Waals surface area contributed by atoms with Crippen molar-refractivity contribution in [2.45, 2.75) is 39.3 Å². The summed E-state index contributed by atoms with van der Waals surface area (Å²) in [6.07, 6.45) is 2.23. The van der Waals surface area contributed by atoms with Crippen molar-refractivity contribution >= 4 is 15.9 Å². The quantitative estimate of drug-likeness (QED) is 0.840. The second-order valence-corrected chi connectivity index (χ2v) is 4.61. The normalized spacial score (nSPS) is 20.7. The van der Waals surface area contributed by atoms with Crippen LogP contribution >= 0.6 is 15.9 Å². The van der Waals surface area contributed by atoms with Crippen molar-refractivity contribution in [2.75, 3.05) is 13.1 Å². The molecule has 0 N–H and O–H groups in total. The van der Waals surface area contributed by atoms with Gasteiger partial charge in [0.2, 0.25) is 0 Å². The summed E-state index contributed by atoms with van der Waals surface area (Å²) in [5.41, 5.74) is 0. The van der Waals surface area contributed by atoms with Crippen molar-refractivity contribution in [1.29, 1.82) is 0 Å². The predicted molar refractivity (Wildman–Crippen MR) is 62.8 cm³/mol. The number of rotatable bonds is 3. The van der Waals surface area contributed by atoms with Gasteiger partial charge in [-0.3, -0.25) is 0 Å². The minimum Gasteiger partial charge on any atom is -0.306 e. The zero-order chi connectivity index (χ0) is 10.8. The Hall–Kier alpha value is -0.420. The lowest BCUT2D eigenvalue weighted by Crippen LogP contribution is -2.40. The van der Waals surface area contributed by atoms with Crippen molar-refractivity contribution in [2.24, 2.45) is 0 Å². The van der Waals surface area contributed by atoms with Crippen LogP contribution in [0.25, 0.3) is 0 Å². The standard InChI is InChI=1S/C10H17BrN4/c1-3-14(4-2)8-5-6-15-9(7-8)12-13-10(15)11/h8H,3-7H2,1-2H3. The fourth-order valence-corrected chi connectivity index (χ4v) is 2.79. The van der Waals surface area contributed by atoms with Crippen molar-refractivity contribution < 1.29 is 0 Å². The summed E-state index contributed by atoms with van der Waals surface area (Å²) in [4.78, 5) is 2.51. The van der Waals surface area contributed by atoms with Gasteiger partial charge < -0.3 is 9.47 Å². The Morgan fingerprint density at radius 1 is 1.40 bits per heavy atom. The van der Waals surface area contributed by atoms with Crippen molar-refractivity contribution in [3.63, 3.8) is 0 Å². The van der Waals surface area contributed by atoms with Gasteiger partial charge in [0, 0.05) is 19.0 Å². The van der Waals surface area contributed by atoms with E-state index >= 15 is 0 Å². The van der Waals surface area contributed by atoms with Crippen LogP contribution in [0.15, 0.2) is 4.73 Å². The third-order valence-corrected chi connectivity index (χ3v) is 3.80. The van der Waals surface area contributed by atoms with Crippen LogP contribution in [0, 0.1) is 0 Å². The van der Waals surface area contributed by atoms with E-state index in [1.54, 1.807) is 0 Å². The molecule has 84 valence electrons. The summed E-state index contributed by atoms with van der Waals surface area (Å²) in [6, 6.07) is 0.642. The molecule has 0 bridgehead atoms. The molecular weight excluding hydrogens is 256 g/mol. The molecule has 1 aliphatic heterocycles. The van der Waals surface area contributed by atoms with Crippen LogP contribution in [0.5, 0.6) is 0 Å². The van der Waals surface area contributed by atoms with Crippen LogP contribution in [0.1, 0.15) is 26.1 Å². The van der Waals surface area contributed by atoms with E-state index in [-0.39, 0.29) is 0 Å². The molecule has 1 aromatic heterocycles. The number of fused-ring (bicyclic) bond motifs is 1. The molecule has 5 heteroatoms. The fourth-order valence-electron chi connectivity index (χ4n) is 2.33. The molecule has 1 atom stereocenters. The molecule has 0 aromatic carbocycles. The van der Waals surface area contributed by atoms with Gasteiger partial charge in [0.1, 0.15) is 5.82 Å². The Bertz CT molecular complexity index is 332. The minimum absolute atomic E-state index is 0.642. The Morgan fingerprint density at radius 3 is 2.80 bits per heavy atom. The smallest absolute Gasteiger partial charge is 0.200 e. The number of hydrogen-bond donors (Lipinski definition) is 0. The molecule has 1 aromatic rings. The molecule has 1 aliphatic rings. The third kappa shape index (κ3) is 2.08. The molecule has 0 spiro atoms. The average Bonchev–Trinajstić information content (AvgIpc) is 2.62.